The van der Waals surface area contributed by atoms with Gasteiger partial charge in [0.25, 0.3) is 0 Å². The smallest absolute Gasteiger partial charge is 0.115 e. The van der Waals surface area contributed by atoms with Gasteiger partial charge in [-0.05, 0) is 36.2 Å². The van der Waals surface area contributed by atoms with Crippen molar-refractivity contribution < 1.29 is 5.11 Å². The second kappa shape index (κ2) is 5.91. The predicted molar refractivity (Wildman–Crippen MR) is 67.4 cm³/mol. The van der Waals surface area contributed by atoms with Gasteiger partial charge in [-0.3, -0.25) is 4.98 Å². The van der Waals surface area contributed by atoms with Gasteiger partial charge in [0.05, 0.1) is 0 Å². The second-order valence-corrected chi connectivity index (χ2v) is 3.30. The number of hydrogen-bond donors (Lipinski definition) is 1. The van der Waals surface area contributed by atoms with Crippen LogP contribution in [0.3, 0.4) is 0 Å². The fraction of sp³-hybridized carbons (Fsp3) is 0.214. The quantitative estimate of drug-likeness (QED) is 0.785. The lowest BCUT2D eigenvalue weighted by Crippen LogP contribution is -1.81. The van der Waals surface area contributed by atoms with Crippen LogP contribution in [-0.4, -0.2) is 10.1 Å². The van der Waals surface area contributed by atoms with Crippen molar-refractivity contribution in [2.45, 2.75) is 20.8 Å². The molecule has 1 aromatic carbocycles. The molecule has 84 valence electrons. The third-order valence-electron chi connectivity index (χ3n) is 2.08. The summed E-state index contributed by atoms with van der Waals surface area (Å²) in [7, 11) is 0. The van der Waals surface area contributed by atoms with Gasteiger partial charge in [0, 0.05) is 18.0 Å². The Hall–Kier alpha value is -1.83. The summed E-state index contributed by atoms with van der Waals surface area (Å²) in [5.41, 5.74) is 3.28. The molecule has 1 heterocycles. The average Bonchev–Trinajstić information content (AvgIpc) is 2.32. The van der Waals surface area contributed by atoms with E-state index in [0.29, 0.717) is 0 Å². The number of phenols is 1. The first kappa shape index (κ1) is 12.2. The van der Waals surface area contributed by atoms with Crippen LogP contribution < -0.4 is 0 Å². The predicted octanol–water partition coefficient (Wildman–Crippen LogP) is 3.79. The molecule has 0 bridgehead atoms. The maximum atomic E-state index is 9.14. The summed E-state index contributed by atoms with van der Waals surface area (Å²) in [4.78, 5) is 4.12. The first-order valence-electron chi connectivity index (χ1n) is 5.47. The lowest BCUT2D eigenvalue weighted by molar-refractivity contribution is 0.475. The van der Waals surface area contributed by atoms with Crippen LogP contribution in [0.2, 0.25) is 0 Å². The van der Waals surface area contributed by atoms with Crippen molar-refractivity contribution in [2.24, 2.45) is 0 Å². The normalized spacial score (nSPS) is 9.19. The maximum Gasteiger partial charge on any atom is 0.115 e. The molecule has 1 N–H and O–H groups in total. The molecular weight excluding hydrogens is 198 g/mol. The van der Waals surface area contributed by atoms with Crippen LogP contribution >= 0.6 is 0 Å². The first-order chi connectivity index (χ1) is 7.75. The van der Waals surface area contributed by atoms with Gasteiger partial charge in [-0.15, -0.1) is 0 Å². The van der Waals surface area contributed by atoms with Crippen molar-refractivity contribution in [3.8, 4) is 16.9 Å². The molecule has 16 heavy (non-hydrogen) atoms. The summed E-state index contributed by atoms with van der Waals surface area (Å²) in [6, 6.07) is 9.19. The minimum atomic E-state index is 0.286. The third kappa shape index (κ3) is 3.09. The lowest BCUT2D eigenvalue weighted by atomic mass is 10.1. The van der Waals surface area contributed by atoms with Gasteiger partial charge in [0.2, 0.25) is 0 Å². The first-order valence-corrected chi connectivity index (χ1v) is 5.47. The number of pyridine rings is 1. The Morgan fingerprint density at radius 3 is 2.12 bits per heavy atom. The van der Waals surface area contributed by atoms with E-state index in [1.807, 2.05) is 45.3 Å². The Kier molecular flexibility index (Phi) is 4.52. The van der Waals surface area contributed by atoms with E-state index in [4.69, 9.17) is 5.11 Å². The van der Waals surface area contributed by atoms with E-state index in [0.717, 1.165) is 16.7 Å². The molecule has 0 fully saturated rings. The highest BCUT2D eigenvalue weighted by Crippen LogP contribution is 2.21. The van der Waals surface area contributed by atoms with Gasteiger partial charge in [-0.25, -0.2) is 0 Å². The van der Waals surface area contributed by atoms with Crippen LogP contribution in [0.25, 0.3) is 11.1 Å². The fourth-order valence-corrected chi connectivity index (χ4v) is 1.37. The summed E-state index contributed by atoms with van der Waals surface area (Å²) in [5.74, 6) is 0.286. The summed E-state index contributed by atoms with van der Waals surface area (Å²) >= 11 is 0. The molecule has 0 atom stereocenters. The fourth-order valence-electron chi connectivity index (χ4n) is 1.37. The summed E-state index contributed by atoms with van der Waals surface area (Å²) < 4.78 is 0. The molecule has 0 aliphatic rings. The van der Waals surface area contributed by atoms with Crippen molar-refractivity contribution >= 4 is 0 Å². The number of aromatic nitrogens is 1. The van der Waals surface area contributed by atoms with Gasteiger partial charge < -0.3 is 5.11 Å². The molecule has 0 spiro atoms. The van der Waals surface area contributed by atoms with Crippen molar-refractivity contribution in [3.63, 3.8) is 0 Å². The van der Waals surface area contributed by atoms with E-state index < -0.39 is 0 Å². The number of rotatable bonds is 1. The molecule has 0 unspecified atom stereocenters. The monoisotopic (exact) mass is 215 g/mol. The zero-order chi connectivity index (χ0) is 12.0. The minimum absolute atomic E-state index is 0.286. The Labute approximate surface area is 96.6 Å². The SMILES string of the molecule is CC.Cc1cncc(-c2ccc(O)cc2)c1. The maximum absolute atomic E-state index is 9.14. The van der Waals surface area contributed by atoms with Gasteiger partial charge in [0.1, 0.15) is 5.75 Å². The molecule has 2 aromatic rings. The molecule has 2 rings (SSSR count). The zero-order valence-electron chi connectivity index (χ0n) is 9.94. The Balaban J connectivity index is 0.000000606. The number of aromatic hydroxyl groups is 1. The van der Waals surface area contributed by atoms with E-state index in [2.05, 4.69) is 11.1 Å². The van der Waals surface area contributed by atoms with E-state index in [1.54, 1.807) is 12.1 Å². The topological polar surface area (TPSA) is 33.1 Å². The molecule has 0 aliphatic carbocycles. The molecular formula is C14H17NO. The Bertz CT molecular complexity index is 435. The van der Waals surface area contributed by atoms with E-state index in [1.165, 1.54) is 0 Å². The number of benzene rings is 1. The van der Waals surface area contributed by atoms with Crippen LogP contribution in [0.4, 0.5) is 0 Å². The summed E-state index contributed by atoms with van der Waals surface area (Å²) in [6.07, 6.45) is 3.64. The Morgan fingerprint density at radius 1 is 0.938 bits per heavy atom. The van der Waals surface area contributed by atoms with Crippen LogP contribution in [0, 0.1) is 6.92 Å². The molecule has 0 amide bonds. The van der Waals surface area contributed by atoms with Gasteiger partial charge in [-0.2, -0.15) is 0 Å². The largest absolute Gasteiger partial charge is 0.508 e. The number of aryl methyl sites for hydroxylation is 1. The number of nitrogens with zero attached hydrogens (tertiary/aromatic N) is 1. The van der Waals surface area contributed by atoms with E-state index in [-0.39, 0.29) is 5.75 Å². The molecule has 1 aromatic heterocycles. The van der Waals surface area contributed by atoms with Crippen molar-refractivity contribution in [2.75, 3.05) is 0 Å². The van der Waals surface area contributed by atoms with Crippen LogP contribution in [0.1, 0.15) is 19.4 Å². The molecule has 0 saturated carbocycles. The van der Waals surface area contributed by atoms with Crippen molar-refractivity contribution in [3.05, 3.63) is 48.3 Å². The van der Waals surface area contributed by atoms with E-state index >= 15 is 0 Å². The highest BCUT2D eigenvalue weighted by Gasteiger charge is 1.97. The van der Waals surface area contributed by atoms with Crippen LogP contribution in [-0.2, 0) is 0 Å². The third-order valence-corrected chi connectivity index (χ3v) is 2.08. The molecule has 0 radical (unpaired) electrons. The lowest BCUT2D eigenvalue weighted by Gasteiger charge is -2.01. The second-order valence-electron chi connectivity index (χ2n) is 3.30. The van der Waals surface area contributed by atoms with Gasteiger partial charge >= 0.3 is 0 Å². The van der Waals surface area contributed by atoms with Crippen molar-refractivity contribution in [1.82, 2.24) is 4.98 Å². The Morgan fingerprint density at radius 2 is 1.56 bits per heavy atom. The van der Waals surface area contributed by atoms with Gasteiger partial charge in [-0.1, -0.05) is 26.0 Å². The zero-order valence-corrected chi connectivity index (χ0v) is 9.94. The average molecular weight is 215 g/mol. The summed E-state index contributed by atoms with van der Waals surface area (Å²) in [5, 5.41) is 9.14. The number of hydrogen-bond acceptors (Lipinski definition) is 2. The highest BCUT2D eigenvalue weighted by molar-refractivity contribution is 5.63. The van der Waals surface area contributed by atoms with Crippen LogP contribution in [0.15, 0.2) is 42.7 Å². The molecule has 0 aliphatic heterocycles. The molecule has 0 saturated heterocycles. The highest BCUT2D eigenvalue weighted by atomic mass is 16.3. The van der Waals surface area contributed by atoms with Crippen LogP contribution in [0.5, 0.6) is 5.75 Å². The molecule has 2 nitrogen and oxygen atoms in total. The molecule has 2 heteroatoms. The standard InChI is InChI=1S/C12H11NO.C2H6/c1-9-6-11(8-13-7-9)10-2-4-12(14)5-3-10;1-2/h2-8,14H,1H3;1-2H3. The van der Waals surface area contributed by atoms with E-state index in [9.17, 15) is 0 Å². The minimum Gasteiger partial charge on any atom is -0.508 e. The van der Waals surface area contributed by atoms with Crippen molar-refractivity contribution in [1.29, 1.82) is 0 Å². The number of phenolic OH excluding ortho intramolecular Hbond substituents is 1. The van der Waals surface area contributed by atoms with Gasteiger partial charge in [0.15, 0.2) is 0 Å². The summed E-state index contributed by atoms with van der Waals surface area (Å²) in [6.45, 7) is 6.01.